The van der Waals surface area contributed by atoms with Crippen molar-refractivity contribution in [2.75, 3.05) is 5.73 Å². The highest BCUT2D eigenvalue weighted by atomic mass is 35.5. The van der Waals surface area contributed by atoms with Gasteiger partial charge in [-0.2, -0.15) is 0 Å². The Morgan fingerprint density at radius 3 is 2.90 bits per heavy atom. The van der Waals surface area contributed by atoms with Gasteiger partial charge in [0, 0.05) is 18.2 Å². The lowest BCUT2D eigenvalue weighted by molar-refractivity contribution is -0.384. The number of carbonyl (C=O) groups excluding carboxylic acids is 1. The number of nitrogens with zero attached hydrogens (tertiary/aromatic N) is 2. The van der Waals surface area contributed by atoms with Crippen LogP contribution in [0.1, 0.15) is 16.1 Å². The van der Waals surface area contributed by atoms with E-state index in [-0.39, 0.29) is 28.5 Å². The van der Waals surface area contributed by atoms with Crippen LogP contribution < -0.4 is 11.1 Å². The van der Waals surface area contributed by atoms with Gasteiger partial charge in [-0.3, -0.25) is 14.9 Å². The molecule has 0 bridgehead atoms. The van der Waals surface area contributed by atoms with Crippen LogP contribution in [-0.4, -0.2) is 16.0 Å². The molecule has 1 amide bonds. The Balaban J connectivity index is 2.22. The zero-order valence-corrected chi connectivity index (χ0v) is 10.8. The van der Waals surface area contributed by atoms with E-state index in [1.165, 1.54) is 6.20 Å². The van der Waals surface area contributed by atoms with Gasteiger partial charge in [-0.05, 0) is 0 Å². The van der Waals surface area contributed by atoms with E-state index < -0.39 is 10.8 Å². The quantitative estimate of drug-likeness (QED) is 0.503. The van der Waals surface area contributed by atoms with E-state index in [9.17, 15) is 14.9 Å². The lowest BCUT2D eigenvalue weighted by atomic mass is 10.1. The van der Waals surface area contributed by atoms with Gasteiger partial charge in [-0.25, -0.2) is 0 Å². The van der Waals surface area contributed by atoms with Crippen molar-refractivity contribution in [3.63, 3.8) is 0 Å². The molecule has 0 atom stereocenters. The summed E-state index contributed by atoms with van der Waals surface area (Å²) in [6, 6.07) is 3.73. The number of rotatable bonds is 4. The number of nitrogens with one attached hydrogen (secondary N) is 1. The third-order valence-corrected chi connectivity index (χ3v) is 2.80. The minimum Gasteiger partial charge on any atom is -0.397 e. The molecule has 20 heavy (non-hydrogen) atoms. The molecule has 0 unspecified atom stereocenters. The summed E-state index contributed by atoms with van der Waals surface area (Å²) in [6.45, 7) is 0.0819. The highest BCUT2D eigenvalue weighted by Gasteiger charge is 2.18. The van der Waals surface area contributed by atoms with Crippen LogP contribution in [0.5, 0.6) is 0 Å². The van der Waals surface area contributed by atoms with Gasteiger partial charge in [0.1, 0.15) is 0 Å². The number of nitrogens with two attached hydrogens (primary N) is 1. The molecule has 1 aromatic heterocycles. The Morgan fingerprint density at radius 2 is 2.30 bits per heavy atom. The van der Waals surface area contributed by atoms with Crippen LogP contribution in [0.15, 0.2) is 28.9 Å². The van der Waals surface area contributed by atoms with Gasteiger partial charge < -0.3 is 15.6 Å². The van der Waals surface area contributed by atoms with Crippen molar-refractivity contribution >= 4 is 28.9 Å². The molecule has 9 heteroatoms. The van der Waals surface area contributed by atoms with Gasteiger partial charge in [-0.15, -0.1) is 0 Å². The fourth-order valence-corrected chi connectivity index (χ4v) is 1.71. The fraction of sp³-hybridized carbons (Fsp3) is 0.0909. The Hall–Kier alpha value is -2.61. The molecule has 0 radical (unpaired) electrons. The molecule has 2 aromatic rings. The summed E-state index contributed by atoms with van der Waals surface area (Å²) in [4.78, 5) is 22.0. The number of halogens is 1. The highest BCUT2D eigenvalue weighted by molar-refractivity contribution is 6.34. The first-order valence-electron chi connectivity index (χ1n) is 5.40. The number of non-ortho nitro benzene ring substituents is 1. The zero-order valence-electron chi connectivity index (χ0n) is 10.00. The van der Waals surface area contributed by atoms with Crippen molar-refractivity contribution in [1.29, 1.82) is 0 Å². The van der Waals surface area contributed by atoms with Gasteiger partial charge in [-0.1, -0.05) is 16.8 Å². The largest absolute Gasteiger partial charge is 0.397 e. The number of hydrogen-bond acceptors (Lipinski definition) is 6. The first-order valence-corrected chi connectivity index (χ1v) is 5.78. The molecule has 8 nitrogen and oxygen atoms in total. The second kappa shape index (κ2) is 5.57. The van der Waals surface area contributed by atoms with Crippen LogP contribution in [0.25, 0.3) is 0 Å². The molecular weight excluding hydrogens is 288 g/mol. The van der Waals surface area contributed by atoms with E-state index in [1.54, 1.807) is 6.07 Å². The molecule has 0 fully saturated rings. The summed E-state index contributed by atoms with van der Waals surface area (Å²) in [5, 5.41) is 16.7. The molecule has 0 aliphatic carbocycles. The number of benzene rings is 1. The molecule has 0 saturated heterocycles. The first-order chi connectivity index (χ1) is 9.49. The molecule has 2 rings (SSSR count). The monoisotopic (exact) mass is 296 g/mol. The van der Waals surface area contributed by atoms with Crippen LogP contribution in [0, 0.1) is 10.1 Å². The summed E-state index contributed by atoms with van der Waals surface area (Å²) in [6.07, 6.45) is 1.43. The third-order valence-electron chi connectivity index (χ3n) is 2.48. The highest BCUT2D eigenvalue weighted by Crippen LogP contribution is 2.28. The summed E-state index contributed by atoms with van der Waals surface area (Å²) < 4.78 is 4.81. The predicted molar refractivity (Wildman–Crippen MR) is 70.2 cm³/mol. The Bertz CT molecular complexity index is 657. The molecule has 0 saturated carbocycles. The van der Waals surface area contributed by atoms with Crippen LogP contribution in [-0.2, 0) is 6.54 Å². The Labute approximate surface area is 117 Å². The average Bonchev–Trinajstić information content (AvgIpc) is 2.92. The summed E-state index contributed by atoms with van der Waals surface area (Å²) >= 11 is 5.77. The van der Waals surface area contributed by atoms with Gasteiger partial charge in [0.25, 0.3) is 11.6 Å². The maximum atomic E-state index is 12.0. The number of amides is 1. The number of hydrogen-bond donors (Lipinski definition) is 2. The van der Waals surface area contributed by atoms with Crippen LogP contribution >= 0.6 is 11.6 Å². The molecule has 0 aliphatic heterocycles. The molecule has 104 valence electrons. The number of nitrogen functional groups attached to an aromatic ring is 1. The van der Waals surface area contributed by atoms with Gasteiger partial charge in [0.05, 0.1) is 33.9 Å². The minimum absolute atomic E-state index is 0.0210. The van der Waals surface area contributed by atoms with E-state index in [0.29, 0.717) is 5.76 Å². The predicted octanol–water partition coefficient (Wildman–Crippen LogP) is 1.75. The summed E-state index contributed by atoms with van der Waals surface area (Å²) in [5.41, 5.74) is 5.25. The molecule has 0 spiro atoms. The maximum absolute atomic E-state index is 12.0. The first kappa shape index (κ1) is 13.8. The zero-order chi connectivity index (χ0) is 14.7. The van der Waals surface area contributed by atoms with Gasteiger partial charge in [0.15, 0.2) is 5.76 Å². The van der Waals surface area contributed by atoms with Crippen molar-refractivity contribution in [2.45, 2.75) is 6.54 Å². The molecule has 3 N–H and O–H groups in total. The van der Waals surface area contributed by atoms with E-state index in [4.69, 9.17) is 21.9 Å². The van der Waals surface area contributed by atoms with Crippen molar-refractivity contribution in [3.8, 4) is 0 Å². The fourth-order valence-electron chi connectivity index (χ4n) is 1.49. The van der Waals surface area contributed by atoms with E-state index in [0.717, 1.165) is 12.1 Å². The van der Waals surface area contributed by atoms with Crippen molar-refractivity contribution < 1.29 is 14.2 Å². The van der Waals surface area contributed by atoms with E-state index in [2.05, 4.69) is 10.5 Å². The number of aromatic nitrogens is 1. The van der Waals surface area contributed by atoms with Crippen LogP contribution in [0.4, 0.5) is 11.4 Å². The normalized spacial score (nSPS) is 10.2. The van der Waals surface area contributed by atoms with E-state index in [1.807, 2.05) is 0 Å². The number of nitro benzene ring substituents is 1. The Morgan fingerprint density at radius 1 is 1.55 bits per heavy atom. The van der Waals surface area contributed by atoms with Crippen LogP contribution in [0.3, 0.4) is 0 Å². The lowest BCUT2D eigenvalue weighted by Crippen LogP contribution is -2.23. The maximum Gasteiger partial charge on any atom is 0.271 e. The number of nitro groups is 1. The molecule has 1 heterocycles. The van der Waals surface area contributed by atoms with E-state index >= 15 is 0 Å². The van der Waals surface area contributed by atoms with Crippen LogP contribution in [0.2, 0.25) is 5.02 Å². The number of carbonyl (C=O) groups is 1. The lowest BCUT2D eigenvalue weighted by Gasteiger charge is -2.07. The van der Waals surface area contributed by atoms with Crippen molar-refractivity contribution in [2.24, 2.45) is 0 Å². The van der Waals surface area contributed by atoms with Gasteiger partial charge in [0.2, 0.25) is 0 Å². The molecular formula is C11H9ClN4O4. The Kier molecular flexibility index (Phi) is 3.85. The second-order valence-corrected chi connectivity index (χ2v) is 4.21. The topological polar surface area (TPSA) is 124 Å². The molecule has 1 aromatic carbocycles. The average molecular weight is 297 g/mol. The minimum atomic E-state index is -0.654. The summed E-state index contributed by atoms with van der Waals surface area (Å²) in [5.74, 6) is -0.155. The smallest absolute Gasteiger partial charge is 0.271 e. The SMILES string of the molecule is Nc1c(Cl)cc([N+](=O)[O-])cc1C(=O)NCc1ccno1. The summed E-state index contributed by atoms with van der Waals surface area (Å²) in [7, 11) is 0. The third kappa shape index (κ3) is 2.86. The van der Waals surface area contributed by atoms with Crippen molar-refractivity contribution in [3.05, 3.63) is 50.9 Å². The molecule has 0 aliphatic rings. The number of anilines is 1. The second-order valence-electron chi connectivity index (χ2n) is 3.81. The van der Waals surface area contributed by atoms with Crippen molar-refractivity contribution in [1.82, 2.24) is 10.5 Å². The van der Waals surface area contributed by atoms with Gasteiger partial charge >= 0.3 is 0 Å². The standard InChI is InChI=1S/C11H9ClN4O4/c12-9-4-6(16(18)19)3-8(10(9)13)11(17)14-5-7-1-2-15-20-7/h1-4H,5,13H2,(H,14,17).